The standard InChI is InChI=1S/C19H24N2O5S/c1-4-25-14-7-5-13(6-8-14)20-17(23)12(2)26-18(24)15-11-27-19(3)10-9-16(22)21(15)19/h5-8,12,15H,4,9-11H2,1-3H3,(H,20,23)/t12-,15+,19+/m1/s1. The average Bonchev–Trinajstić information content (AvgIpc) is 3.13. The van der Waals surface area contributed by atoms with Crippen molar-refractivity contribution in [3.05, 3.63) is 24.3 Å². The van der Waals surface area contributed by atoms with Crippen molar-refractivity contribution in [2.75, 3.05) is 17.7 Å². The van der Waals surface area contributed by atoms with Crippen molar-refractivity contribution in [3.8, 4) is 5.75 Å². The molecular formula is C19H24N2O5S. The summed E-state index contributed by atoms with van der Waals surface area (Å²) in [6.07, 6.45) is 0.216. The van der Waals surface area contributed by atoms with E-state index >= 15 is 0 Å². The van der Waals surface area contributed by atoms with Crippen LogP contribution in [0.25, 0.3) is 0 Å². The Balaban J connectivity index is 1.56. The fourth-order valence-electron chi connectivity index (χ4n) is 3.35. The summed E-state index contributed by atoms with van der Waals surface area (Å²) in [6, 6.07) is 6.32. The molecule has 0 spiro atoms. The molecule has 27 heavy (non-hydrogen) atoms. The molecule has 1 N–H and O–H groups in total. The first-order chi connectivity index (χ1) is 12.8. The number of esters is 1. The number of carbonyl (C=O) groups is 3. The Bertz CT molecular complexity index is 738. The Morgan fingerprint density at radius 3 is 2.74 bits per heavy atom. The zero-order valence-corrected chi connectivity index (χ0v) is 16.5. The summed E-state index contributed by atoms with van der Waals surface area (Å²) in [7, 11) is 0. The highest BCUT2D eigenvalue weighted by Crippen LogP contribution is 2.47. The molecule has 2 saturated heterocycles. The first-order valence-corrected chi connectivity index (χ1v) is 10.0. The first kappa shape index (κ1) is 19.5. The van der Waals surface area contributed by atoms with Gasteiger partial charge in [0.05, 0.1) is 11.5 Å². The molecule has 0 unspecified atom stereocenters. The smallest absolute Gasteiger partial charge is 0.330 e. The maximum absolute atomic E-state index is 12.5. The van der Waals surface area contributed by atoms with Crippen LogP contribution in [0, 0.1) is 0 Å². The SMILES string of the molecule is CCOc1ccc(NC(=O)[C@@H](C)OC(=O)[C@@H]2CS[C@@]3(C)CCC(=O)N23)cc1. The van der Waals surface area contributed by atoms with Gasteiger partial charge in [0.15, 0.2) is 6.10 Å². The lowest BCUT2D eigenvalue weighted by Gasteiger charge is -2.29. The molecule has 2 heterocycles. The van der Waals surface area contributed by atoms with E-state index in [1.54, 1.807) is 40.9 Å². The average molecular weight is 392 g/mol. The number of thioether (sulfide) groups is 1. The van der Waals surface area contributed by atoms with Crippen LogP contribution in [-0.4, -0.2) is 52.1 Å². The van der Waals surface area contributed by atoms with Crippen molar-refractivity contribution in [2.45, 2.75) is 50.6 Å². The summed E-state index contributed by atoms with van der Waals surface area (Å²) in [5.74, 6) is 0.223. The molecule has 0 saturated carbocycles. The summed E-state index contributed by atoms with van der Waals surface area (Å²) < 4.78 is 10.7. The van der Waals surface area contributed by atoms with Gasteiger partial charge in [0.25, 0.3) is 5.91 Å². The number of benzene rings is 1. The van der Waals surface area contributed by atoms with E-state index in [1.807, 2.05) is 13.8 Å². The summed E-state index contributed by atoms with van der Waals surface area (Å²) in [6.45, 7) is 5.95. The van der Waals surface area contributed by atoms with Gasteiger partial charge in [-0.15, -0.1) is 11.8 Å². The van der Waals surface area contributed by atoms with Crippen LogP contribution in [0.2, 0.25) is 0 Å². The van der Waals surface area contributed by atoms with Crippen molar-refractivity contribution >= 4 is 35.2 Å². The van der Waals surface area contributed by atoms with Crippen LogP contribution in [0.3, 0.4) is 0 Å². The molecule has 1 aromatic carbocycles. The predicted octanol–water partition coefficient (Wildman–Crippen LogP) is 2.41. The molecule has 0 aromatic heterocycles. The van der Waals surface area contributed by atoms with E-state index in [4.69, 9.17) is 9.47 Å². The molecule has 3 rings (SSSR count). The fraction of sp³-hybridized carbons (Fsp3) is 0.526. The molecule has 2 aliphatic rings. The largest absolute Gasteiger partial charge is 0.494 e. The summed E-state index contributed by atoms with van der Waals surface area (Å²) >= 11 is 1.59. The lowest BCUT2D eigenvalue weighted by Crippen LogP contribution is -2.48. The van der Waals surface area contributed by atoms with Crippen LogP contribution in [0.15, 0.2) is 24.3 Å². The molecule has 2 amide bonds. The number of hydrogen-bond acceptors (Lipinski definition) is 6. The lowest BCUT2D eigenvalue weighted by atomic mass is 10.2. The van der Waals surface area contributed by atoms with Crippen molar-refractivity contribution in [1.82, 2.24) is 4.90 Å². The number of nitrogens with one attached hydrogen (secondary N) is 1. The Morgan fingerprint density at radius 1 is 1.37 bits per heavy atom. The second-order valence-corrected chi connectivity index (χ2v) is 8.29. The second kappa shape index (κ2) is 7.80. The number of rotatable bonds is 6. The molecule has 146 valence electrons. The van der Waals surface area contributed by atoms with E-state index in [-0.39, 0.29) is 10.8 Å². The molecule has 1 aromatic rings. The summed E-state index contributed by atoms with van der Waals surface area (Å²) in [4.78, 5) is 38.3. The van der Waals surface area contributed by atoms with Gasteiger partial charge in [-0.05, 0) is 51.5 Å². The van der Waals surface area contributed by atoms with Gasteiger partial charge in [0.2, 0.25) is 5.91 Å². The van der Waals surface area contributed by atoms with Gasteiger partial charge in [-0.3, -0.25) is 9.59 Å². The van der Waals surface area contributed by atoms with E-state index in [2.05, 4.69) is 5.32 Å². The minimum Gasteiger partial charge on any atom is -0.494 e. The van der Waals surface area contributed by atoms with E-state index in [0.29, 0.717) is 30.2 Å². The Hall–Kier alpha value is -2.22. The zero-order valence-electron chi connectivity index (χ0n) is 15.7. The van der Waals surface area contributed by atoms with Gasteiger partial charge in [-0.25, -0.2) is 4.79 Å². The predicted molar refractivity (Wildman–Crippen MR) is 103 cm³/mol. The molecule has 2 aliphatic heterocycles. The quantitative estimate of drug-likeness (QED) is 0.749. The highest BCUT2D eigenvalue weighted by molar-refractivity contribution is 8.01. The van der Waals surface area contributed by atoms with Crippen LogP contribution in [0.1, 0.15) is 33.6 Å². The Morgan fingerprint density at radius 2 is 2.07 bits per heavy atom. The number of anilines is 1. The van der Waals surface area contributed by atoms with Crippen molar-refractivity contribution in [2.24, 2.45) is 0 Å². The number of carbonyl (C=O) groups excluding carboxylic acids is 3. The molecule has 0 aliphatic carbocycles. The third-order valence-electron chi connectivity index (χ3n) is 4.81. The molecular weight excluding hydrogens is 368 g/mol. The van der Waals surface area contributed by atoms with Gasteiger partial charge >= 0.3 is 5.97 Å². The monoisotopic (exact) mass is 392 g/mol. The van der Waals surface area contributed by atoms with E-state index in [9.17, 15) is 14.4 Å². The Labute approximate surface area is 162 Å². The minimum absolute atomic E-state index is 0.0315. The van der Waals surface area contributed by atoms with Crippen LogP contribution in [0.4, 0.5) is 5.69 Å². The van der Waals surface area contributed by atoms with Gasteiger partial charge in [0.1, 0.15) is 11.8 Å². The van der Waals surface area contributed by atoms with Gasteiger partial charge in [0, 0.05) is 17.9 Å². The van der Waals surface area contributed by atoms with Crippen molar-refractivity contribution < 1.29 is 23.9 Å². The van der Waals surface area contributed by atoms with Gasteiger partial charge in [-0.1, -0.05) is 0 Å². The summed E-state index contributed by atoms with van der Waals surface area (Å²) in [5, 5.41) is 2.71. The Kier molecular flexibility index (Phi) is 5.64. The minimum atomic E-state index is -0.960. The second-order valence-electron chi connectivity index (χ2n) is 6.79. The highest BCUT2D eigenvalue weighted by Gasteiger charge is 2.53. The fourth-order valence-corrected chi connectivity index (χ4v) is 4.76. The molecule has 7 nitrogen and oxygen atoms in total. The first-order valence-electron chi connectivity index (χ1n) is 9.04. The molecule has 3 atom stereocenters. The maximum atomic E-state index is 12.5. The molecule has 0 bridgehead atoms. The van der Waals surface area contributed by atoms with Gasteiger partial charge in [-0.2, -0.15) is 0 Å². The zero-order chi connectivity index (χ0) is 19.6. The normalized spacial score (nSPS) is 25.1. The number of fused-ring (bicyclic) bond motifs is 1. The lowest BCUT2D eigenvalue weighted by molar-refractivity contribution is -0.160. The molecule has 8 heteroatoms. The molecule has 0 radical (unpaired) electrons. The maximum Gasteiger partial charge on any atom is 0.330 e. The van der Waals surface area contributed by atoms with Crippen LogP contribution in [0.5, 0.6) is 5.75 Å². The number of ether oxygens (including phenoxy) is 2. The van der Waals surface area contributed by atoms with Crippen LogP contribution in [-0.2, 0) is 19.1 Å². The third-order valence-corrected chi connectivity index (χ3v) is 6.32. The van der Waals surface area contributed by atoms with Gasteiger partial charge < -0.3 is 19.7 Å². The van der Waals surface area contributed by atoms with E-state index < -0.39 is 24.0 Å². The third kappa shape index (κ3) is 4.05. The van der Waals surface area contributed by atoms with E-state index in [1.165, 1.54) is 6.92 Å². The van der Waals surface area contributed by atoms with Crippen molar-refractivity contribution in [1.29, 1.82) is 0 Å². The van der Waals surface area contributed by atoms with Crippen LogP contribution >= 0.6 is 11.8 Å². The summed E-state index contributed by atoms with van der Waals surface area (Å²) in [5.41, 5.74) is 0.588. The van der Waals surface area contributed by atoms with Crippen LogP contribution < -0.4 is 10.1 Å². The highest BCUT2D eigenvalue weighted by atomic mass is 32.2. The van der Waals surface area contributed by atoms with Crippen molar-refractivity contribution in [3.63, 3.8) is 0 Å². The number of nitrogens with zero attached hydrogens (tertiary/aromatic N) is 1. The number of hydrogen-bond donors (Lipinski definition) is 1. The number of amides is 2. The topological polar surface area (TPSA) is 84.9 Å². The van der Waals surface area contributed by atoms with E-state index in [0.717, 1.165) is 6.42 Å². The molecule has 2 fully saturated rings.